The first-order valence-electron chi connectivity index (χ1n) is 9.96. The number of carbonyl (C=O) groups is 1. The van der Waals surface area contributed by atoms with Gasteiger partial charge >= 0.3 is 5.97 Å². The van der Waals surface area contributed by atoms with Crippen LogP contribution in [-0.4, -0.2) is 12.1 Å². The fourth-order valence-corrected chi connectivity index (χ4v) is 3.35. The Bertz CT molecular complexity index is 1530. The van der Waals surface area contributed by atoms with Crippen molar-refractivity contribution >= 4 is 32.9 Å². The Morgan fingerprint density at radius 1 is 0.917 bits per heavy atom. The molecule has 4 aromatic rings. The van der Waals surface area contributed by atoms with Gasteiger partial charge in [0.15, 0.2) is 11.9 Å². The van der Waals surface area contributed by atoms with E-state index in [0.717, 1.165) is 13.2 Å². The maximum Gasteiger partial charge on any atom is 0.352 e. The zero-order valence-electron chi connectivity index (χ0n) is 17.9. The monoisotopic (exact) mass is 570 g/mol. The summed E-state index contributed by atoms with van der Waals surface area (Å²) in [5, 5.41) is 0.0880. The van der Waals surface area contributed by atoms with Crippen LogP contribution in [0.5, 0.6) is 23.0 Å². The Morgan fingerprint density at radius 2 is 1.56 bits per heavy atom. The number of benzene rings is 3. The number of halogens is 6. The highest BCUT2D eigenvalue weighted by atomic mass is 79.9. The van der Waals surface area contributed by atoms with Gasteiger partial charge in [-0.1, -0.05) is 12.1 Å². The Kier molecular flexibility index (Phi) is 6.97. The third-order valence-electron chi connectivity index (χ3n) is 4.79. The lowest BCUT2D eigenvalue weighted by Gasteiger charge is -2.15. The third kappa shape index (κ3) is 4.76. The predicted molar refractivity (Wildman–Crippen MR) is 119 cm³/mol. The van der Waals surface area contributed by atoms with Crippen molar-refractivity contribution in [3.63, 3.8) is 0 Å². The molecule has 1 atom stereocenters. The van der Waals surface area contributed by atoms with Crippen molar-refractivity contribution in [3.8, 4) is 23.0 Å². The largest absolute Gasteiger partial charge is 0.473 e. The van der Waals surface area contributed by atoms with E-state index < -0.39 is 52.3 Å². The normalized spacial score (nSPS) is 11.9. The number of esters is 1. The second kappa shape index (κ2) is 9.97. The summed E-state index contributed by atoms with van der Waals surface area (Å²) in [6, 6.07) is 10.5. The second-order valence-electron chi connectivity index (χ2n) is 7.20. The molecule has 0 saturated carbocycles. The molecule has 0 bridgehead atoms. The van der Waals surface area contributed by atoms with Crippen molar-refractivity contribution < 1.29 is 45.4 Å². The number of para-hydroxylation sites is 1. The fraction of sp³-hybridized carbons (Fsp3) is 0.0833. The minimum absolute atomic E-state index is 0.0121. The Morgan fingerprint density at radius 3 is 2.22 bits per heavy atom. The molecule has 0 aliphatic carbocycles. The first-order valence-corrected chi connectivity index (χ1v) is 10.8. The van der Waals surface area contributed by atoms with Crippen molar-refractivity contribution in [2.45, 2.75) is 13.0 Å². The molecule has 0 amide bonds. The quantitative estimate of drug-likeness (QED) is 0.0875. The van der Waals surface area contributed by atoms with Crippen LogP contribution in [0.15, 0.2) is 62.4 Å². The topological polar surface area (TPSA) is 75.0 Å². The van der Waals surface area contributed by atoms with E-state index in [-0.39, 0.29) is 22.5 Å². The molecule has 12 heteroatoms. The van der Waals surface area contributed by atoms with Gasteiger partial charge in [-0.15, -0.1) is 0 Å². The predicted octanol–water partition coefficient (Wildman–Crippen LogP) is 6.42. The molecule has 0 aliphatic rings. The summed E-state index contributed by atoms with van der Waals surface area (Å²) >= 11 is 3.30. The maximum absolute atomic E-state index is 13.8. The third-order valence-corrected chi connectivity index (χ3v) is 5.44. The van der Waals surface area contributed by atoms with Gasteiger partial charge in [0.1, 0.15) is 23.3 Å². The van der Waals surface area contributed by atoms with Crippen LogP contribution in [0.4, 0.5) is 22.0 Å². The van der Waals surface area contributed by atoms with Gasteiger partial charge in [-0.3, -0.25) is 4.79 Å². The number of carbonyl (C=O) groups excluding carboxylic acids is 1. The van der Waals surface area contributed by atoms with Gasteiger partial charge in [0.2, 0.25) is 40.3 Å². The average molecular weight is 571 g/mol. The van der Waals surface area contributed by atoms with E-state index in [2.05, 4.69) is 20.7 Å². The van der Waals surface area contributed by atoms with Crippen LogP contribution in [0.1, 0.15) is 6.92 Å². The Hall–Kier alpha value is -3.93. The van der Waals surface area contributed by atoms with E-state index in [4.69, 9.17) is 13.9 Å². The molecule has 1 unspecified atom stereocenters. The van der Waals surface area contributed by atoms with Gasteiger partial charge < -0.3 is 18.6 Å². The van der Waals surface area contributed by atoms with Crippen molar-refractivity contribution in [1.29, 1.82) is 0 Å². The second-order valence-corrected chi connectivity index (χ2v) is 8.05. The Labute approximate surface area is 206 Å². The smallest absolute Gasteiger partial charge is 0.352 e. The van der Waals surface area contributed by atoms with Crippen molar-refractivity contribution in [2.24, 2.45) is 0 Å². The molecule has 1 aromatic heterocycles. The molecule has 0 fully saturated rings. The first kappa shape index (κ1) is 25.2. The Balaban J connectivity index is 1.53. The molecule has 4 rings (SSSR count). The zero-order chi connectivity index (χ0) is 26.1. The standard InChI is InChI=1S/C24H12BrF5O6/c1-10(34-23-20(29)18(27)17(26)19(28)21(23)30)24(32)35-11-6-7-12-15(8-11)33-9-16(22(12)31)36-14-5-3-2-4-13(14)25/h2-10H,1H3. The molecule has 3 aromatic carbocycles. The molecule has 0 saturated heterocycles. The molecular formula is C24H12BrF5O6. The highest BCUT2D eigenvalue weighted by molar-refractivity contribution is 9.10. The number of rotatable bonds is 6. The summed E-state index contributed by atoms with van der Waals surface area (Å²) in [4.78, 5) is 25.0. The fourth-order valence-electron chi connectivity index (χ4n) is 2.98. The van der Waals surface area contributed by atoms with E-state index in [9.17, 15) is 31.5 Å². The van der Waals surface area contributed by atoms with Crippen LogP contribution in [0.25, 0.3) is 11.0 Å². The van der Waals surface area contributed by atoms with E-state index in [1.54, 1.807) is 24.3 Å². The number of hydrogen-bond acceptors (Lipinski definition) is 6. The van der Waals surface area contributed by atoms with E-state index in [1.165, 1.54) is 18.2 Å². The summed E-state index contributed by atoms with van der Waals surface area (Å²) in [6.45, 7) is 0.979. The van der Waals surface area contributed by atoms with Crippen LogP contribution >= 0.6 is 15.9 Å². The van der Waals surface area contributed by atoms with Crippen molar-refractivity contribution in [1.82, 2.24) is 0 Å². The maximum atomic E-state index is 13.8. The van der Waals surface area contributed by atoms with Crippen LogP contribution in [0.3, 0.4) is 0 Å². The summed E-state index contributed by atoms with van der Waals surface area (Å²) in [6.07, 6.45) is -0.717. The summed E-state index contributed by atoms with van der Waals surface area (Å²) in [7, 11) is 0. The number of hydrogen-bond donors (Lipinski definition) is 0. The molecule has 6 nitrogen and oxygen atoms in total. The van der Waals surface area contributed by atoms with Crippen LogP contribution < -0.4 is 19.6 Å². The van der Waals surface area contributed by atoms with Gasteiger partial charge in [0.05, 0.1) is 9.86 Å². The molecule has 186 valence electrons. The average Bonchev–Trinajstić information content (AvgIpc) is 2.87. The van der Waals surface area contributed by atoms with Gasteiger partial charge in [0.25, 0.3) is 0 Å². The van der Waals surface area contributed by atoms with Crippen LogP contribution in [-0.2, 0) is 4.79 Å². The van der Waals surface area contributed by atoms with E-state index >= 15 is 0 Å². The molecule has 0 spiro atoms. The summed E-state index contributed by atoms with van der Waals surface area (Å²) in [5.74, 6) is -14.0. The van der Waals surface area contributed by atoms with Crippen LogP contribution in [0.2, 0.25) is 0 Å². The highest BCUT2D eigenvalue weighted by Gasteiger charge is 2.30. The number of fused-ring (bicyclic) bond motifs is 1. The molecule has 0 aliphatic heterocycles. The minimum atomic E-state index is -2.37. The highest BCUT2D eigenvalue weighted by Crippen LogP contribution is 2.31. The molecular weight excluding hydrogens is 559 g/mol. The van der Waals surface area contributed by atoms with Crippen molar-refractivity contribution in [3.05, 3.63) is 92.5 Å². The van der Waals surface area contributed by atoms with Gasteiger partial charge in [0, 0.05) is 6.07 Å². The molecule has 36 heavy (non-hydrogen) atoms. The number of ether oxygens (including phenoxy) is 3. The lowest BCUT2D eigenvalue weighted by molar-refractivity contribution is -0.141. The van der Waals surface area contributed by atoms with Gasteiger partial charge in [-0.2, -0.15) is 8.78 Å². The zero-order valence-corrected chi connectivity index (χ0v) is 19.5. The lowest BCUT2D eigenvalue weighted by atomic mass is 10.2. The van der Waals surface area contributed by atoms with E-state index in [1.807, 2.05) is 0 Å². The SMILES string of the molecule is CC(Oc1c(F)c(F)c(F)c(F)c1F)C(=O)Oc1ccc2c(=O)c(Oc3ccccc3Br)coc2c1. The van der Waals surface area contributed by atoms with Crippen molar-refractivity contribution in [2.75, 3.05) is 0 Å². The minimum Gasteiger partial charge on any atom is -0.473 e. The summed E-state index contributed by atoms with van der Waals surface area (Å²) in [5.41, 5.74) is -0.508. The first-order chi connectivity index (χ1) is 17.1. The van der Waals surface area contributed by atoms with Gasteiger partial charge in [-0.05, 0) is 47.1 Å². The van der Waals surface area contributed by atoms with E-state index in [0.29, 0.717) is 10.2 Å². The molecule has 0 N–H and O–H groups in total. The van der Waals surface area contributed by atoms with Crippen LogP contribution in [0, 0.1) is 29.1 Å². The molecule has 0 radical (unpaired) electrons. The summed E-state index contributed by atoms with van der Waals surface area (Å²) < 4.78 is 88.7. The van der Waals surface area contributed by atoms with Gasteiger partial charge in [-0.25, -0.2) is 18.0 Å². The lowest BCUT2D eigenvalue weighted by Crippen LogP contribution is -2.29. The molecule has 1 heterocycles.